The molecule has 0 aliphatic rings. The lowest BCUT2D eigenvalue weighted by Crippen LogP contribution is -2.36. The lowest BCUT2D eigenvalue weighted by atomic mass is 10.0. The molecule has 0 amide bonds. The first-order chi connectivity index (χ1) is 8.27. The van der Waals surface area contributed by atoms with Gasteiger partial charge in [0.1, 0.15) is 0 Å². The van der Waals surface area contributed by atoms with E-state index in [2.05, 4.69) is 18.4 Å². The molecule has 0 saturated heterocycles. The summed E-state index contributed by atoms with van der Waals surface area (Å²) in [5, 5.41) is 0.835. The van der Waals surface area contributed by atoms with Crippen molar-refractivity contribution in [3.63, 3.8) is 0 Å². The van der Waals surface area contributed by atoms with E-state index < -0.39 is 0 Å². The molecule has 0 fully saturated rings. The molecule has 0 radical (unpaired) electrons. The van der Waals surface area contributed by atoms with E-state index in [0.717, 1.165) is 17.9 Å². The second kappa shape index (κ2) is 8.51. The van der Waals surface area contributed by atoms with Gasteiger partial charge in [-0.3, -0.25) is 11.3 Å². The minimum atomic E-state index is 0.326. The second-order valence-electron chi connectivity index (χ2n) is 4.51. The van der Waals surface area contributed by atoms with Gasteiger partial charge in [-0.15, -0.1) is 0 Å². The van der Waals surface area contributed by atoms with Crippen molar-refractivity contribution < 1.29 is 0 Å². The van der Waals surface area contributed by atoms with Gasteiger partial charge in [-0.25, -0.2) is 0 Å². The molecule has 0 aromatic heterocycles. The fourth-order valence-corrected chi connectivity index (χ4v) is 2.20. The van der Waals surface area contributed by atoms with Crippen LogP contribution in [0, 0.1) is 0 Å². The third kappa shape index (κ3) is 5.53. The monoisotopic (exact) mass is 254 g/mol. The van der Waals surface area contributed by atoms with Crippen LogP contribution in [0.5, 0.6) is 0 Å². The van der Waals surface area contributed by atoms with Crippen molar-refractivity contribution in [2.75, 3.05) is 0 Å². The van der Waals surface area contributed by atoms with Crippen molar-refractivity contribution in [1.82, 2.24) is 5.43 Å². The number of hydrazine groups is 1. The van der Waals surface area contributed by atoms with E-state index in [0.29, 0.717) is 6.04 Å². The Morgan fingerprint density at radius 1 is 1.24 bits per heavy atom. The average Bonchev–Trinajstić information content (AvgIpc) is 2.35. The molecule has 0 saturated carbocycles. The summed E-state index contributed by atoms with van der Waals surface area (Å²) < 4.78 is 0. The first-order valence-corrected chi connectivity index (χ1v) is 6.85. The van der Waals surface area contributed by atoms with Crippen molar-refractivity contribution in [1.29, 1.82) is 0 Å². The van der Waals surface area contributed by atoms with E-state index >= 15 is 0 Å². The third-order valence-electron chi connectivity index (χ3n) is 3.07. The van der Waals surface area contributed by atoms with Crippen molar-refractivity contribution >= 4 is 11.6 Å². The van der Waals surface area contributed by atoms with E-state index in [1.54, 1.807) is 0 Å². The number of nitrogens with two attached hydrogens (primary N) is 1. The molecule has 2 nitrogen and oxygen atoms in total. The van der Waals surface area contributed by atoms with Crippen molar-refractivity contribution in [3.8, 4) is 0 Å². The maximum absolute atomic E-state index is 6.14. The Labute approximate surface area is 110 Å². The number of hydrogen-bond donors (Lipinski definition) is 2. The van der Waals surface area contributed by atoms with Crippen LogP contribution in [0.15, 0.2) is 24.3 Å². The number of rotatable bonds is 8. The Morgan fingerprint density at radius 3 is 2.65 bits per heavy atom. The molecular formula is C14H23ClN2. The molecule has 0 bridgehead atoms. The second-order valence-corrected chi connectivity index (χ2v) is 4.92. The number of unbranched alkanes of at least 4 members (excludes halogenated alkanes) is 3. The first kappa shape index (κ1) is 14.5. The van der Waals surface area contributed by atoms with Crippen molar-refractivity contribution in [2.45, 2.75) is 51.5 Å². The summed E-state index contributed by atoms with van der Waals surface area (Å²) in [4.78, 5) is 0. The number of halogens is 1. The Bertz CT molecular complexity index is 315. The summed E-state index contributed by atoms with van der Waals surface area (Å²) in [6, 6.07) is 8.30. The molecule has 0 aliphatic heterocycles. The van der Waals surface area contributed by atoms with Crippen LogP contribution in [0.2, 0.25) is 5.02 Å². The molecule has 0 heterocycles. The topological polar surface area (TPSA) is 38.0 Å². The van der Waals surface area contributed by atoms with Gasteiger partial charge in [0.05, 0.1) is 0 Å². The summed E-state index contributed by atoms with van der Waals surface area (Å²) >= 11 is 6.14. The molecule has 0 spiro atoms. The third-order valence-corrected chi connectivity index (χ3v) is 3.43. The number of hydrogen-bond acceptors (Lipinski definition) is 2. The minimum absolute atomic E-state index is 0.326. The molecule has 1 unspecified atom stereocenters. The number of benzene rings is 1. The molecule has 1 rings (SSSR count). The van der Waals surface area contributed by atoms with E-state index in [4.69, 9.17) is 17.4 Å². The smallest absolute Gasteiger partial charge is 0.0438 e. The van der Waals surface area contributed by atoms with E-state index in [9.17, 15) is 0 Å². The first-order valence-electron chi connectivity index (χ1n) is 6.47. The van der Waals surface area contributed by atoms with Gasteiger partial charge in [0, 0.05) is 11.1 Å². The Balaban J connectivity index is 2.38. The fraction of sp³-hybridized carbons (Fsp3) is 0.571. The highest BCUT2D eigenvalue weighted by atomic mass is 35.5. The van der Waals surface area contributed by atoms with Crippen LogP contribution in [0.3, 0.4) is 0 Å². The summed E-state index contributed by atoms with van der Waals surface area (Å²) in [6.07, 6.45) is 7.11. The highest BCUT2D eigenvalue weighted by molar-refractivity contribution is 6.31. The minimum Gasteiger partial charge on any atom is -0.271 e. The zero-order chi connectivity index (χ0) is 12.5. The van der Waals surface area contributed by atoms with Gasteiger partial charge in [0.25, 0.3) is 0 Å². The average molecular weight is 255 g/mol. The number of nitrogens with one attached hydrogen (secondary N) is 1. The molecule has 1 atom stereocenters. The van der Waals surface area contributed by atoms with Gasteiger partial charge in [-0.2, -0.15) is 0 Å². The zero-order valence-corrected chi connectivity index (χ0v) is 11.3. The molecule has 17 heavy (non-hydrogen) atoms. The normalized spacial score (nSPS) is 12.6. The van der Waals surface area contributed by atoms with Crippen LogP contribution in [-0.4, -0.2) is 6.04 Å². The lowest BCUT2D eigenvalue weighted by molar-refractivity contribution is 0.463. The molecule has 96 valence electrons. The lowest BCUT2D eigenvalue weighted by Gasteiger charge is -2.16. The van der Waals surface area contributed by atoms with E-state index in [1.807, 2.05) is 18.2 Å². The fourth-order valence-electron chi connectivity index (χ4n) is 1.99. The van der Waals surface area contributed by atoms with Gasteiger partial charge < -0.3 is 0 Å². The summed E-state index contributed by atoms with van der Waals surface area (Å²) in [5.41, 5.74) is 4.07. The standard InChI is InChI=1S/C14H23ClN2/c1-2-3-4-5-9-13(17-16)11-12-8-6-7-10-14(12)15/h6-8,10,13,17H,2-5,9,11,16H2,1H3. The van der Waals surface area contributed by atoms with Gasteiger partial charge in [0.15, 0.2) is 0 Å². The van der Waals surface area contributed by atoms with Crippen LogP contribution >= 0.6 is 11.6 Å². The summed E-state index contributed by atoms with van der Waals surface area (Å²) in [6.45, 7) is 2.22. The predicted molar refractivity (Wildman–Crippen MR) is 75.0 cm³/mol. The Morgan fingerprint density at radius 2 is 2.00 bits per heavy atom. The van der Waals surface area contributed by atoms with Crippen LogP contribution in [0.4, 0.5) is 0 Å². The maximum Gasteiger partial charge on any atom is 0.0438 e. The molecule has 1 aromatic carbocycles. The van der Waals surface area contributed by atoms with Gasteiger partial charge >= 0.3 is 0 Å². The maximum atomic E-state index is 6.14. The van der Waals surface area contributed by atoms with Crippen molar-refractivity contribution in [3.05, 3.63) is 34.9 Å². The van der Waals surface area contributed by atoms with Crippen molar-refractivity contribution in [2.24, 2.45) is 5.84 Å². The van der Waals surface area contributed by atoms with E-state index in [1.165, 1.54) is 31.2 Å². The molecular weight excluding hydrogens is 232 g/mol. The van der Waals surface area contributed by atoms with Gasteiger partial charge in [-0.05, 0) is 24.5 Å². The van der Waals surface area contributed by atoms with Crippen LogP contribution in [0.1, 0.15) is 44.6 Å². The van der Waals surface area contributed by atoms with Crippen LogP contribution < -0.4 is 11.3 Å². The zero-order valence-electron chi connectivity index (χ0n) is 10.6. The quantitative estimate of drug-likeness (QED) is 0.422. The Hall–Kier alpha value is -0.570. The van der Waals surface area contributed by atoms with Gasteiger partial charge in [-0.1, -0.05) is 62.4 Å². The van der Waals surface area contributed by atoms with E-state index in [-0.39, 0.29) is 0 Å². The molecule has 3 heteroatoms. The SMILES string of the molecule is CCCCCCC(Cc1ccccc1Cl)NN. The van der Waals surface area contributed by atoms with Crippen LogP contribution in [-0.2, 0) is 6.42 Å². The Kier molecular flexibility index (Phi) is 7.25. The predicted octanol–water partition coefficient (Wildman–Crippen LogP) is 3.68. The highest BCUT2D eigenvalue weighted by Crippen LogP contribution is 2.18. The highest BCUT2D eigenvalue weighted by Gasteiger charge is 2.09. The molecule has 1 aromatic rings. The largest absolute Gasteiger partial charge is 0.271 e. The molecule has 0 aliphatic carbocycles. The summed E-state index contributed by atoms with van der Waals surface area (Å²) in [7, 11) is 0. The summed E-state index contributed by atoms with van der Waals surface area (Å²) in [5.74, 6) is 5.59. The van der Waals surface area contributed by atoms with Gasteiger partial charge in [0.2, 0.25) is 0 Å². The van der Waals surface area contributed by atoms with Crippen LogP contribution in [0.25, 0.3) is 0 Å². The molecule has 3 N–H and O–H groups in total.